The van der Waals surface area contributed by atoms with Crippen molar-refractivity contribution in [1.29, 1.82) is 0 Å². The number of aryl methyl sites for hydroxylation is 1. The third-order valence-electron chi connectivity index (χ3n) is 4.47. The number of benzene rings is 2. The Kier molecular flexibility index (Phi) is 4.64. The number of nitrogens with one attached hydrogen (secondary N) is 1. The predicted octanol–water partition coefficient (Wildman–Crippen LogP) is 2.74. The summed E-state index contributed by atoms with van der Waals surface area (Å²) in [4.78, 5) is 21.9. The maximum atomic E-state index is 12.3. The van der Waals surface area contributed by atoms with Gasteiger partial charge in [-0.1, -0.05) is 47.6 Å². The Morgan fingerprint density at radius 2 is 1.96 bits per heavy atom. The molecule has 0 fully saturated rings. The van der Waals surface area contributed by atoms with E-state index in [9.17, 15) is 4.79 Å². The molecule has 0 saturated heterocycles. The van der Waals surface area contributed by atoms with Gasteiger partial charge in [0.05, 0.1) is 23.1 Å². The summed E-state index contributed by atoms with van der Waals surface area (Å²) in [6, 6.07) is 17.8. The van der Waals surface area contributed by atoms with E-state index in [1.165, 1.54) is 0 Å². The number of carbonyl (C=O) groups excluding carboxylic acids is 1. The molecule has 0 saturated carbocycles. The van der Waals surface area contributed by atoms with Crippen LogP contribution in [-0.2, 0) is 16.2 Å². The molecular formula is C20H20N4O2. The van der Waals surface area contributed by atoms with E-state index in [0.29, 0.717) is 13.0 Å². The predicted molar refractivity (Wildman–Crippen MR) is 99.8 cm³/mol. The van der Waals surface area contributed by atoms with Crippen molar-refractivity contribution in [2.24, 2.45) is 5.16 Å². The summed E-state index contributed by atoms with van der Waals surface area (Å²) >= 11 is 0. The topological polar surface area (TPSA) is 68.5 Å². The molecule has 1 aromatic heterocycles. The van der Waals surface area contributed by atoms with Gasteiger partial charge in [-0.25, -0.2) is 4.98 Å². The lowest BCUT2D eigenvalue weighted by Gasteiger charge is -2.10. The molecule has 0 radical (unpaired) electrons. The van der Waals surface area contributed by atoms with E-state index in [1.54, 1.807) is 0 Å². The molecule has 1 aliphatic rings. The Morgan fingerprint density at radius 1 is 1.15 bits per heavy atom. The minimum absolute atomic E-state index is 0.116. The van der Waals surface area contributed by atoms with Crippen molar-refractivity contribution in [3.8, 4) is 0 Å². The van der Waals surface area contributed by atoms with Gasteiger partial charge in [0, 0.05) is 19.5 Å². The fraction of sp³-hybridized carbons (Fsp3) is 0.250. The second-order valence-electron chi connectivity index (χ2n) is 6.27. The Hall–Kier alpha value is -3.15. The van der Waals surface area contributed by atoms with Crippen LogP contribution in [0.2, 0.25) is 0 Å². The molecule has 0 aliphatic carbocycles. The Morgan fingerprint density at radius 3 is 2.85 bits per heavy atom. The maximum Gasteiger partial charge on any atom is 0.264 e. The second kappa shape index (κ2) is 7.39. The highest BCUT2D eigenvalue weighted by atomic mass is 16.6. The first-order chi connectivity index (χ1) is 12.8. The Labute approximate surface area is 151 Å². The van der Waals surface area contributed by atoms with Crippen LogP contribution in [0, 0.1) is 0 Å². The zero-order valence-corrected chi connectivity index (χ0v) is 14.3. The van der Waals surface area contributed by atoms with Crippen molar-refractivity contribution >= 4 is 22.7 Å². The van der Waals surface area contributed by atoms with Crippen LogP contribution in [0.15, 0.2) is 66.1 Å². The lowest BCUT2D eigenvalue weighted by atomic mass is 10.0. The van der Waals surface area contributed by atoms with Gasteiger partial charge in [-0.3, -0.25) is 4.79 Å². The van der Waals surface area contributed by atoms with Gasteiger partial charge in [0.2, 0.25) is 6.10 Å². The minimum Gasteiger partial charge on any atom is -0.382 e. The van der Waals surface area contributed by atoms with Crippen LogP contribution in [0.5, 0.6) is 0 Å². The van der Waals surface area contributed by atoms with Crippen molar-refractivity contribution < 1.29 is 9.63 Å². The SMILES string of the molecule is O=C(NCCCn1cnc2ccccc21)[C@@H]1CC(c2ccccc2)=NO1. The second-order valence-corrected chi connectivity index (χ2v) is 6.27. The van der Waals surface area contributed by atoms with Gasteiger partial charge in [0.15, 0.2) is 0 Å². The first kappa shape index (κ1) is 16.3. The van der Waals surface area contributed by atoms with Crippen molar-refractivity contribution in [3.05, 3.63) is 66.5 Å². The molecule has 1 N–H and O–H groups in total. The number of carbonyl (C=O) groups is 1. The quantitative estimate of drug-likeness (QED) is 0.697. The molecule has 0 unspecified atom stereocenters. The van der Waals surface area contributed by atoms with Crippen molar-refractivity contribution in [2.75, 3.05) is 6.54 Å². The number of aromatic nitrogens is 2. The average Bonchev–Trinajstić information content (AvgIpc) is 3.33. The molecule has 6 nitrogen and oxygen atoms in total. The van der Waals surface area contributed by atoms with E-state index >= 15 is 0 Å². The molecule has 1 amide bonds. The Bertz CT molecular complexity index is 933. The molecule has 132 valence electrons. The van der Waals surface area contributed by atoms with Gasteiger partial charge in [0.1, 0.15) is 0 Å². The number of oxime groups is 1. The highest BCUT2D eigenvalue weighted by molar-refractivity contribution is 6.04. The monoisotopic (exact) mass is 348 g/mol. The van der Waals surface area contributed by atoms with Crippen LogP contribution in [0.3, 0.4) is 0 Å². The third kappa shape index (κ3) is 3.44. The highest BCUT2D eigenvalue weighted by Crippen LogP contribution is 2.16. The summed E-state index contributed by atoms with van der Waals surface area (Å²) in [5.41, 5.74) is 3.91. The standard InChI is InChI=1S/C20H20N4O2/c25-20(19-13-17(23-26-19)15-7-2-1-3-8-15)21-11-6-12-24-14-22-16-9-4-5-10-18(16)24/h1-5,7-10,14,19H,6,11-13H2,(H,21,25)/t19-/m0/s1. The number of nitrogens with zero attached hydrogens (tertiary/aromatic N) is 3. The summed E-state index contributed by atoms with van der Waals surface area (Å²) < 4.78 is 2.10. The average molecular weight is 348 g/mol. The molecule has 2 heterocycles. The van der Waals surface area contributed by atoms with Gasteiger partial charge in [0.25, 0.3) is 5.91 Å². The molecule has 1 aliphatic heterocycles. The highest BCUT2D eigenvalue weighted by Gasteiger charge is 2.28. The van der Waals surface area contributed by atoms with Crippen molar-refractivity contribution in [3.63, 3.8) is 0 Å². The minimum atomic E-state index is -0.542. The maximum absolute atomic E-state index is 12.3. The smallest absolute Gasteiger partial charge is 0.264 e. The van der Waals surface area contributed by atoms with Crippen molar-refractivity contribution in [1.82, 2.24) is 14.9 Å². The number of amides is 1. The zero-order valence-electron chi connectivity index (χ0n) is 14.3. The molecule has 6 heteroatoms. The summed E-state index contributed by atoms with van der Waals surface area (Å²) in [7, 11) is 0. The molecule has 2 aromatic carbocycles. The molecule has 4 rings (SSSR count). The summed E-state index contributed by atoms with van der Waals surface area (Å²) in [6.45, 7) is 1.39. The summed E-state index contributed by atoms with van der Waals surface area (Å²) in [6.07, 6.45) is 2.62. The van der Waals surface area contributed by atoms with Crippen LogP contribution in [0.1, 0.15) is 18.4 Å². The molecule has 3 aromatic rings. The lowest BCUT2D eigenvalue weighted by molar-refractivity contribution is -0.131. The Balaban J connectivity index is 1.24. The molecule has 1 atom stereocenters. The van der Waals surface area contributed by atoms with Crippen LogP contribution in [0.4, 0.5) is 0 Å². The van der Waals surface area contributed by atoms with Crippen LogP contribution in [0.25, 0.3) is 11.0 Å². The number of imidazole rings is 1. The normalized spacial score (nSPS) is 16.3. The molecular weight excluding hydrogens is 328 g/mol. The van der Waals surface area contributed by atoms with E-state index in [-0.39, 0.29) is 5.91 Å². The van der Waals surface area contributed by atoms with E-state index in [1.807, 2.05) is 54.9 Å². The molecule has 0 bridgehead atoms. The summed E-state index contributed by atoms with van der Waals surface area (Å²) in [5, 5.41) is 6.99. The lowest BCUT2D eigenvalue weighted by Crippen LogP contribution is -2.35. The number of hydrogen-bond acceptors (Lipinski definition) is 4. The van der Waals surface area contributed by atoms with Gasteiger partial charge >= 0.3 is 0 Å². The van der Waals surface area contributed by atoms with Crippen LogP contribution >= 0.6 is 0 Å². The van der Waals surface area contributed by atoms with E-state index in [2.05, 4.69) is 26.1 Å². The number of hydrogen-bond donors (Lipinski definition) is 1. The molecule has 0 spiro atoms. The van der Waals surface area contributed by atoms with Gasteiger partial charge in [-0.05, 0) is 24.1 Å². The fourth-order valence-corrected chi connectivity index (χ4v) is 3.08. The number of fused-ring (bicyclic) bond motifs is 1. The van der Waals surface area contributed by atoms with Crippen LogP contribution in [-0.4, -0.2) is 33.8 Å². The first-order valence-electron chi connectivity index (χ1n) is 8.77. The fourth-order valence-electron chi connectivity index (χ4n) is 3.08. The molecule has 26 heavy (non-hydrogen) atoms. The number of rotatable bonds is 6. The van der Waals surface area contributed by atoms with E-state index < -0.39 is 6.10 Å². The van der Waals surface area contributed by atoms with Gasteiger partial charge in [-0.15, -0.1) is 0 Å². The van der Waals surface area contributed by atoms with E-state index in [4.69, 9.17) is 4.84 Å². The largest absolute Gasteiger partial charge is 0.382 e. The third-order valence-corrected chi connectivity index (χ3v) is 4.47. The number of para-hydroxylation sites is 2. The van der Waals surface area contributed by atoms with E-state index in [0.717, 1.165) is 35.3 Å². The first-order valence-corrected chi connectivity index (χ1v) is 8.77. The van der Waals surface area contributed by atoms with Gasteiger partial charge < -0.3 is 14.7 Å². The summed E-state index contributed by atoms with van der Waals surface area (Å²) in [5.74, 6) is -0.116. The van der Waals surface area contributed by atoms with Crippen LogP contribution < -0.4 is 5.32 Å². The van der Waals surface area contributed by atoms with Crippen molar-refractivity contribution in [2.45, 2.75) is 25.5 Å². The van der Waals surface area contributed by atoms with Gasteiger partial charge in [-0.2, -0.15) is 0 Å². The zero-order chi connectivity index (χ0) is 17.8.